The van der Waals surface area contributed by atoms with Gasteiger partial charge in [-0.3, -0.25) is 4.79 Å². The number of carbonyl (C=O) groups is 1. The van der Waals surface area contributed by atoms with E-state index in [0.29, 0.717) is 78.4 Å². The fraction of sp³-hybridized carbons (Fsp3) is 0.952. The van der Waals surface area contributed by atoms with Crippen molar-refractivity contribution in [2.24, 2.45) is 11.3 Å². The topological polar surface area (TPSA) is 92.7 Å². The number of aliphatic hydroxyl groups is 1. The standard InChI is InChI=1S/C21H42O8/c1-19(18-21(2,3)4)17-20(23)29-16-15-28-14-13-27-12-11-26-10-9-25-8-7-24-6-5-22/h19,22H,5-18H2,1-4H3. The lowest BCUT2D eigenvalue weighted by Crippen LogP contribution is -2.18. The zero-order chi connectivity index (χ0) is 21.8. The number of carbonyl (C=O) groups excluding carboxylic acids is 1. The van der Waals surface area contributed by atoms with Crippen LogP contribution >= 0.6 is 0 Å². The van der Waals surface area contributed by atoms with Crippen LogP contribution in [0.15, 0.2) is 0 Å². The Morgan fingerprint density at radius 2 is 1.10 bits per heavy atom. The molecule has 29 heavy (non-hydrogen) atoms. The summed E-state index contributed by atoms with van der Waals surface area (Å²) in [6.07, 6.45) is 1.44. The summed E-state index contributed by atoms with van der Waals surface area (Å²) >= 11 is 0. The Kier molecular flexibility index (Phi) is 18.7. The third-order valence-electron chi connectivity index (χ3n) is 3.69. The van der Waals surface area contributed by atoms with Crippen LogP contribution in [-0.4, -0.2) is 90.4 Å². The molecule has 0 aromatic rings. The highest BCUT2D eigenvalue weighted by atomic mass is 16.6. The van der Waals surface area contributed by atoms with Gasteiger partial charge < -0.3 is 33.5 Å². The van der Waals surface area contributed by atoms with Crippen molar-refractivity contribution in [3.8, 4) is 0 Å². The van der Waals surface area contributed by atoms with Crippen molar-refractivity contribution >= 4 is 5.97 Å². The molecule has 0 aliphatic rings. The number of aliphatic hydroxyl groups excluding tert-OH is 1. The van der Waals surface area contributed by atoms with Crippen LogP contribution in [0.2, 0.25) is 0 Å². The van der Waals surface area contributed by atoms with Crippen LogP contribution in [0.3, 0.4) is 0 Å². The lowest BCUT2D eigenvalue weighted by atomic mass is 9.84. The third kappa shape index (κ3) is 23.4. The highest BCUT2D eigenvalue weighted by Gasteiger charge is 2.18. The molecule has 1 unspecified atom stereocenters. The van der Waals surface area contributed by atoms with Crippen molar-refractivity contribution < 1.29 is 38.3 Å². The molecule has 0 saturated heterocycles. The summed E-state index contributed by atoms with van der Waals surface area (Å²) in [5, 5.41) is 8.53. The monoisotopic (exact) mass is 422 g/mol. The number of rotatable bonds is 20. The van der Waals surface area contributed by atoms with E-state index in [1.54, 1.807) is 0 Å². The van der Waals surface area contributed by atoms with Gasteiger partial charge in [-0.15, -0.1) is 0 Å². The van der Waals surface area contributed by atoms with Crippen molar-refractivity contribution in [1.29, 1.82) is 0 Å². The average molecular weight is 423 g/mol. The minimum absolute atomic E-state index is 0.0266. The molecule has 1 atom stereocenters. The molecule has 0 bridgehead atoms. The fourth-order valence-corrected chi connectivity index (χ4v) is 2.72. The summed E-state index contributed by atoms with van der Waals surface area (Å²) in [7, 11) is 0. The zero-order valence-electron chi connectivity index (χ0n) is 18.8. The molecule has 0 amide bonds. The van der Waals surface area contributed by atoms with Crippen molar-refractivity contribution in [3.05, 3.63) is 0 Å². The Morgan fingerprint density at radius 1 is 0.724 bits per heavy atom. The summed E-state index contributed by atoms with van der Waals surface area (Å²) in [4.78, 5) is 11.8. The van der Waals surface area contributed by atoms with E-state index in [1.807, 2.05) is 0 Å². The van der Waals surface area contributed by atoms with Crippen LogP contribution in [0.5, 0.6) is 0 Å². The molecule has 0 aromatic heterocycles. The summed E-state index contributed by atoms with van der Waals surface area (Å²) in [6, 6.07) is 0. The van der Waals surface area contributed by atoms with E-state index >= 15 is 0 Å². The molecule has 8 heteroatoms. The quantitative estimate of drug-likeness (QED) is 0.235. The molecule has 0 aliphatic heterocycles. The second kappa shape index (κ2) is 19.2. The minimum atomic E-state index is -0.166. The van der Waals surface area contributed by atoms with Crippen LogP contribution in [0.25, 0.3) is 0 Å². The molecule has 1 N–H and O–H groups in total. The maximum atomic E-state index is 11.8. The molecule has 0 spiro atoms. The van der Waals surface area contributed by atoms with Crippen LogP contribution in [0.1, 0.15) is 40.5 Å². The zero-order valence-corrected chi connectivity index (χ0v) is 18.8. The van der Waals surface area contributed by atoms with E-state index < -0.39 is 0 Å². The van der Waals surface area contributed by atoms with Crippen LogP contribution < -0.4 is 0 Å². The Morgan fingerprint density at radius 3 is 1.48 bits per heavy atom. The maximum absolute atomic E-state index is 11.8. The van der Waals surface area contributed by atoms with E-state index in [2.05, 4.69) is 27.7 Å². The van der Waals surface area contributed by atoms with Crippen molar-refractivity contribution in [2.75, 3.05) is 79.3 Å². The largest absolute Gasteiger partial charge is 0.463 e. The van der Waals surface area contributed by atoms with Gasteiger partial charge in [-0.1, -0.05) is 27.7 Å². The van der Waals surface area contributed by atoms with Crippen molar-refractivity contribution in [2.45, 2.75) is 40.5 Å². The van der Waals surface area contributed by atoms with Gasteiger partial charge >= 0.3 is 5.97 Å². The lowest BCUT2D eigenvalue weighted by Gasteiger charge is -2.22. The number of hydrogen-bond acceptors (Lipinski definition) is 8. The highest BCUT2D eigenvalue weighted by molar-refractivity contribution is 5.69. The van der Waals surface area contributed by atoms with Gasteiger partial charge in [-0.05, 0) is 17.8 Å². The Hall–Kier alpha value is -0.770. The highest BCUT2D eigenvalue weighted by Crippen LogP contribution is 2.25. The SMILES string of the molecule is CC(CC(=O)OCCOCCOCCOCCOCCOCCO)CC(C)(C)C. The van der Waals surface area contributed by atoms with Gasteiger partial charge in [0.1, 0.15) is 6.61 Å². The molecule has 0 aromatic carbocycles. The fourth-order valence-electron chi connectivity index (χ4n) is 2.72. The average Bonchev–Trinajstić information content (AvgIpc) is 2.62. The number of ether oxygens (including phenoxy) is 6. The smallest absolute Gasteiger partial charge is 0.306 e. The Bertz CT molecular complexity index is 370. The van der Waals surface area contributed by atoms with E-state index in [-0.39, 0.29) is 24.6 Å². The molecule has 0 heterocycles. The maximum Gasteiger partial charge on any atom is 0.306 e. The predicted octanol–water partition coefficient (Wildman–Crippen LogP) is 2.07. The third-order valence-corrected chi connectivity index (χ3v) is 3.69. The lowest BCUT2D eigenvalue weighted by molar-refractivity contribution is -0.146. The predicted molar refractivity (Wildman–Crippen MR) is 110 cm³/mol. The summed E-state index contributed by atoms with van der Waals surface area (Å²) < 4.78 is 31.7. The van der Waals surface area contributed by atoms with Gasteiger partial charge in [-0.25, -0.2) is 0 Å². The molecule has 0 rings (SSSR count). The van der Waals surface area contributed by atoms with Gasteiger partial charge in [0.15, 0.2) is 0 Å². The van der Waals surface area contributed by atoms with Crippen molar-refractivity contribution in [1.82, 2.24) is 0 Å². The number of hydrogen-bond donors (Lipinski definition) is 1. The van der Waals surface area contributed by atoms with Gasteiger partial charge in [0.25, 0.3) is 0 Å². The molecular formula is C21H42O8. The normalized spacial score (nSPS) is 12.9. The van der Waals surface area contributed by atoms with E-state index in [4.69, 9.17) is 33.5 Å². The first kappa shape index (κ1) is 28.2. The minimum Gasteiger partial charge on any atom is -0.463 e. The van der Waals surface area contributed by atoms with E-state index in [1.165, 1.54) is 0 Å². The van der Waals surface area contributed by atoms with Gasteiger partial charge in [0.05, 0.1) is 72.7 Å². The molecule has 0 radical (unpaired) electrons. The van der Waals surface area contributed by atoms with Crippen molar-refractivity contribution in [3.63, 3.8) is 0 Å². The summed E-state index contributed by atoms with van der Waals surface area (Å²) in [5.41, 5.74) is 0.220. The summed E-state index contributed by atoms with van der Waals surface area (Å²) in [5.74, 6) is 0.150. The first-order valence-corrected chi connectivity index (χ1v) is 10.5. The second-order valence-electron chi connectivity index (χ2n) is 8.08. The van der Waals surface area contributed by atoms with E-state index in [9.17, 15) is 4.79 Å². The van der Waals surface area contributed by atoms with E-state index in [0.717, 1.165) is 6.42 Å². The first-order valence-electron chi connectivity index (χ1n) is 10.5. The number of esters is 1. The molecule has 8 nitrogen and oxygen atoms in total. The van der Waals surface area contributed by atoms with Gasteiger partial charge in [0.2, 0.25) is 0 Å². The van der Waals surface area contributed by atoms with Crippen LogP contribution in [0, 0.1) is 11.3 Å². The second-order valence-corrected chi connectivity index (χ2v) is 8.08. The Balaban J connectivity index is 3.25. The molecular weight excluding hydrogens is 380 g/mol. The Labute approximate surface area is 176 Å². The van der Waals surface area contributed by atoms with Crippen LogP contribution in [-0.2, 0) is 33.2 Å². The first-order chi connectivity index (χ1) is 13.8. The molecule has 0 fully saturated rings. The molecule has 0 saturated carbocycles. The molecule has 174 valence electrons. The van der Waals surface area contributed by atoms with Crippen LogP contribution in [0.4, 0.5) is 0 Å². The molecule has 0 aliphatic carbocycles. The van der Waals surface area contributed by atoms with Gasteiger partial charge in [-0.2, -0.15) is 0 Å². The van der Waals surface area contributed by atoms with Gasteiger partial charge in [0, 0.05) is 6.42 Å². The summed E-state index contributed by atoms with van der Waals surface area (Å²) in [6.45, 7) is 13.5.